The summed E-state index contributed by atoms with van der Waals surface area (Å²) in [4.78, 5) is 12.5. The predicted octanol–water partition coefficient (Wildman–Crippen LogP) is 5.67. The number of nitrogens with one attached hydrogen (secondary N) is 1. The summed E-state index contributed by atoms with van der Waals surface area (Å²) < 4.78 is 49.1. The molecular formula is C21H24F3NO3. The van der Waals surface area contributed by atoms with Crippen LogP contribution in [-0.4, -0.2) is 19.1 Å². The smallest absolute Gasteiger partial charge is 0.416 e. The Bertz CT molecular complexity index is 773. The van der Waals surface area contributed by atoms with Crippen molar-refractivity contribution in [3.63, 3.8) is 0 Å². The third kappa shape index (κ3) is 6.27. The number of anilines is 1. The fourth-order valence-electron chi connectivity index (χ4n) is 2.50. The molecule has 0 unspecified atom stereocenters. The molecule has 2 rings (SSSR count). The van der Waals surface area contributed by atoms with Crippen molar-refractivity contribution in [3.8, 4) is 5.75 Å². The SMILES string of the molecule is CCCCOCc1cc(C(=O)Nc2ccc(C(F)(F)F)cc2)ccc1OCC. The van der Waals surface area contributed by atoms with Crippen LogP contribution < -0.4 is 10.1 Å². The van der Waals surface area contributed by atoms with E-state index >= 15 is 0 Å². The van der Waals surface area contributed by atoms with E-state index in [-0.39, 0.29) is 5.69 Å². The molecular weight excluding hydrogens is 371 g/mol. The second kappa shape index (κ2) is 10.1. The Kier molecular flexibility index (Phi) is 7.87. The monoisotopic (exact) mass is 395 g/mol. The summed E-state index contributed by atoms with van der Waals surface area (Å²) in [5.41, 5.74) is 0.640. The number of benzene rings is 2. The van der Waals surface area contributed by atoms with Gasteiger partial charge in [-0.1, -0.05) is 13.3 Å². The van der Waals surface area contributed by atoms with Crippen molar-refractivity contribution < 1.29 is 27.4 Å². The molecule has 0 atom stereocenters. The maximum absolute atomic E-state index is 12.6. The normalized spacial score (nSPS) is 11.3. The lowest BCUT2D eigenvalue weighted by Gasteiger charge is -2.13. The number of carbonyl (C=O) groups excluding carboxylic acids is 1. The van der Waals surface area contributed by atoms with E-state index in [4.69, 9.17) is 9.47 Å². The molecule has 0 spiro atoms. The minimum atomic E-state index is -4.41. The summed E-state index contributed by atoms with van der Waals surface area (Å²) in [5.74, 6) is 0.225. The first-order valence-corrected chi connectivity index (χ1v) is 9.17. The second-order valence-corrected chi connectivity index (χ2v) is 6.19. The first-order valence-electron chi connectivity index (χ1n) is 9.17. The number of hydrogen-bond acceptors (Lipinski definition) is 3. The van der Waals surface area contributed by atoms with Crippen LogP contribution in [0.3, 0.4) is 0 Å². The molecule has 0 saturated heterocycles. The van der Waals surface area contributed by atoms with Gasteiger partial charge in [-0.05, 0) is 55.8 Å². The van der Waals surface area contributed by atoms with E-state index in [1.165, 1.54) is 12.1 Å². The van der Waals surface area contributed by atoms with E-state index in [2.05, 4.69) is 12.2 Å². The van der Waals surface area contributed by atoms with E-state index in [9.17, 15) is 18.0 Å². The highest BCUT2D eigenvalue weighted by Gasteiger charge is 2.30. The van der Waals surface area contributed by atoms with E-state index in [1.807, 2.05) is 6.92 Å². The van der Waals surface area contributed by atoms with Crippen molar-refractivity contribution in [3.05, 3.63) is 59.2 Å². The van der Waals surface area contributed by atoms with Gasteiger partial charge in [-0.15, -0.1) is 0 Å². The van der Waals surface area contributed by atoms with Crippen molar-refractivity contribution in [2.75, 3.05) is 18.5 Å². The highest BCUT2D eigenvalue weighted by atomic mass is 19.4. The average molecular weight is 395 g/mol. The molecule has 0 heterocycles. The van der Waals surface area contributed by atoms with Crippen LogP contribution >= 0.6 is 0 Å². The number of amides is 1. The van der Waals surface area contributed by atoms with Crippen LogP contribution in [-0.2, 0) is 17.5 Å². The summed E-state index contributed by atoms with van der Waals surface area (Å²) in [7, 11) is 0. The molecule has 0 fully saturated rings. The van der Waals surface area contributed by atoms with Gasteiger partial charge in [-0.2, -0.15) is 13.2 Å². The van der Waals surface area contributed by atoms with Crippen molar-refractivity contribution in [2.24, 2.45) is 0 Å². The first-order chi connectivity index (χ1) is 13.3. The topological polar surface area (TPSA) is 47.6 Å². The van der Waals surface area contributed by atoms with Crippen molar-refractivity contribution >= 4 is 11.6 Å². The maximum Gasteiger partial charge on any atom is 0.416 e. The summed E-state index contributed by atoms with van der Waals surface area (Å²) in [6.07, 6.45) is -2.45. The van der Waals surface area contributed by atoms with Crippen LogP contribution in [0, 0.1) is 0 Å². The molecule has 0 saturated carbocycles. The Morgan fingerprint density at radius 3 is 2.39 bits per heavy atom. The van der Waals surface area contributed by atoms with Crippen LogP contribution in [0.1, 0.15) is 48.2 Å². The molecule has 0 aliphatic rings. The molecule has 2 aromatic carbocycles. The molecule has 152 valence electrons. The van der Waals surface area contributed by atoms with E-state index in [1.54, 1.807) is 18.2 Å². The lowest BCUT2D eigenvalue weighted by molar-refractivity contribution is -0.137. The molecule has 7 heteroatoms. The minimum Gasteiger partial charge on any atom is -0.494 e. The van der Waals surface area contributed by atoms with E-state index in [0.717, 1.165) is 30.5 Å². The first kappa shape index (κ1) is 21.8. The maximum atomic E-state index is 12.6. The summed E-state index contributed by atoms with van der Waals surface area (Å²) in [5, 5.41) is 2.60. The van der Waals surface area contributed by atoms with Gasteiger partial charge in [-0.25, -0.2) is 0 Å². The van der Waals surface area contributed by atoms with Gasteiger partial charge in [0.05, 0.1) is 18.8 Å². The summed E-state index contributed by atoms with van der Waals surface area (Å²) in [6.45, 7) is 5.36. The number of hydrogen-bond donors (Lipinski definition) is 1. The van der Waals surface area contributed by atoms with Crippen LogP contribution in [0.4, 0.5) is 18.9 Å². The Hall–Kier alpha value is -2.54. The molecule has 0 bridgehead atoms. The van der Waals surface area contributed by atoms with Crippen LogP contribution in [0.15, 0.2) is 42.5 Å². The molecule has 28 heavy (non-hydrogen) atoms. The fourth-order valence-corrected chi connectivity index (χ4v) is 2.50. The number of carbonyl (C=O) groups is 1. The molecule has 0 radical (unpaired) electrons. The van der Waals surface area contributed by atoms with Gasteiger partial charge in [0.2, 0.25) is 0 Å². The highest BCUT2D eigenvalue weighted by molar-refractivity contribution is 6.04. The van der Waals surface area contributed by atoms with E-state index < -0.39 is 17.6 Å². The zero-order valence-electron chi connectivity index (χ0n) is 15.9. The lowest BCUT2D eigenvalue weighted by Crippen LogP contribution is -2.13. The number of rotatable bonds is 9. The number of unbranched alkanes of at least 4 members (excludes halogenated alkanes) is 1. The van der Waals surface area contributed by atoms with Crippen LogP contribution in [0.2, 0.25) is 0 Å². The highest BCUT2D eigenvalue weighted by Crippen LogP contribution is 2.30. The lowest BCUT2D eigenvalue weighted by atomic mass is 10.1. The summed E-state index contributed by atoms with van der Waals surface area (Å²) in [6, 6.07) is 9.30. The van der Waals surface area contributed by atoms with Crippen molar-refractivity contribution in [1.82, 2.24) is 0 Å². The average Bonchev–Trinajstić information content (AvgIpc) is 2.66. The van der Waals surface area contributed by atoms with Crippen molar-refractivity contribution in [2.45, 2.75) is 39.5 Å². The third-order valence-electron chi connectivity index (χ3n) is 3.99. The molecule has 2 aromatic rings. The van der Waals surface area contributed by atoms with Gasteiger partial charge < -0.3 is 14.8 Å². The quantitative estimate of drug-likeness (QED) is 0.556. The predicted molar refractivity (Wildman–Crippen MR) is 102 cm³/mol. The van der Waals surface area contributed by atoms with Gasteiger partial charge >= 0.3 is 6.18 Å². The van der Waals surface area contributed by atoms with Crippen molar-refractivity contribution in [1.29, 1.82) is 0 Å². The van der Waals surface area contributed by atoms with Crippen LogP contribution in [0.5, 0.6) is 5.75 Å². The molecule has 1 N–H and O–H groups in total. The molecule has 0 aromatic heterocycles. The third-order valence-corrected chi connectivity index (χ3v) is 3.99. The Morgan fingerprint density at radius 2 is 1.79 bits per heavy atom. The Morgan fingerprint density at radius 1 is 1.07 bits per heavy atom. The number of halogens is 3. The molecule has 0 aliphatic carbocycles. The fraction of sp³-hybridized carbons (Fsp3) is 0.381. The molecule has 0 aliphatic heterocycles. The zero-order chi connectivity index (χ0) is 20.6. The van der Waals surface area contributed by atoms with Gasteiger partial charge in [0.15, 0.2) is 0 Å². The van der Waals surface area contributed by atoms with Gasteiger partial charge in [0, 0.05) is 23.4 Å². The summed E-state index contributed by atoms with van der Waals surface area (Å²) >= 11 is 0. The van der Waals surface area contributed by atoms with Crippen LogP contribution in [0.25, 0.3) is 0 Å². The minimum absolute atomic E-state index is 0.285. The molecule has 1 amide bonds. The number of ether oxygens (including phenoxy) is 2. The number of alkyl halides is 3. The standard InChI is InChI=1S/C21H24F3NO3/c1-3-5-12-27-14-16-13-15(6-11-19(16)28-4-2)20(26)25-18-9-7-17(8-10-18)21(22,23)24/h6-11,13H,3-5,12,14H2,1-2H3,(H,25,26). The molecule has 4 nitrogen and oxygen atoms in total. The zero-order valence-corrected chi connectivity index (χ0v) is 15.9. The Balaban J connectivity index is 2.11. The van der Waals surface area contributed by atoms with Gasteiger partial charge in [0.25, 0.3) is 5.91 Å². The second-order valence-electron chi connectivity index (χ2n) is 6.19. The Labute approximate surface area is 162 Å². The van der Waals surface area contributed by atoms with Gasteiger partial charge in [-0.3, -0.25) is 4.79 Å². The largest absolute Gasteiger partial charge is 0.494 e. The van der Waals surface area contributed by atoms with Gasteiger partial charge in [0.1, 0.15) is 5.75 Å². The van der Waals surface area contributed by atoms with E-state index in [0.29, 0.717) is 31.1 Å².